The molecule has 0 amide bonds. The molecule has 5 heteroatoms. The van der Waals surface area contributed by atoms with Crippen LogP contribution in [0.15, 0.2) is 18.2 Å². The highest BCUT2D eigenvalue weighted by atomic mass is 19.3. The number of carbonyl (C=O) groups excluding carboxylic acids is 1. The van der Waals surface area contributed by atoms with Gasteiger partial charge in [-0.1, -0.05) is 6.07 Å². The van der Waals surface area contributed by atoms with Gasteiger partial charge < -0.3 is 9.47 Å². The second kappa shape index (κ2) is 2.97. The molecule has 0 saturated heterocycles. The SMILES string of the molecule is CC(=O)C1(c2ccc3c(c2)OC(F)(F)O3)CC1. The van der Waals surface area contributed by atoms with Gasteiger partial charge >= 0.3 is 6.29 Å². The first-order valence-corrected chi connectivity index (χ1v) is 5.34. The largest absolute Gasteiger partial charge is 0.586 e. The van der Waals surface area contributed by atoms with Crippen LogP contribution in [0.2, 0.25) is 0 Å². The molecule has 90 valence electrons. The van der Waals surface area contributed by atoms with Crippen molar-refractivity contribution in [2.75, 3.05) is 0 Å². The fourth-order valence-electron chi connectivity index (χ4n) is 2.22. The fourth-order valence-corrected chi connectivity index (χ4v) is 2.22. The van der Waals surface area contributed by atoms with Gasteiger partial charge in [-0.2, -0.15) is 0 Å². The summed E-state index contributed by atoms with van der Waals surface area (Å²) < 4.78 is 34.3. The van der Waals surface area contributed by atoms with E-state index in [0.717, 1.165) is 18.4 Å². The Hall–Kier alpha value is -1.65. The second-order valence-electron chi connectivity index (χ2n) is 4.47. The zero-order valence-electron chi connectivity index (χ0n) is 9.13. The van der Waals surface area contributed by atoms with Gasteiger partial charge in [0.2, 0.25) is 0 Å². The van der Waals surface area contributed by atoms with Crippen LogP contribution in [-0.4, -0.2) is 12.1 Å². The lowest BCUT2D eigenvalue weighted by Gasteiger charge is -2.11. The Labute approximate surface area is 96.3 Å². The van der Waals surface area contributed by atoms with Crippen molar-refractivity contribution >= 4 is 5.78 Å². The fraction of sp³-hybridized carbons (Fsp3) is 0.417. The lowest BCUT2D eigenvalue weighted by Crippen LogP contribution is -2.26. The predicted molar refractivity (Wildman–Crippen MR) is 54.2 cm³/mol. The van der Waals surface area contributed by atoms with Gasteiger partial charge in [0.1, 0.15) is 5.78 Å². The van der Waals surface area contributed by atoms with Gasteiger partial charge in [-0.15, -0.1) is 8.78 Å². The minimum Gasteiger partial charge on any atom is -0.395 e. The molecule has 0 spiro atoms. The molecule has 1 fully saturated rings. The number of alkyl halides is 2. The molecule has 1 saturated carbocycles. The zero-order chi connectivity index (χ0) is 12.3. The maximum atomic E-state index is 12.8. The van der Waals surface area contributed by atoms with E-state index in [2.05, 4.69) is 9.47 Å². The van der Waals surface area contributed by atoms with E-state index in [9.17, 15) is 13.6 Å². The molecule has 2 aliphatic rings. The first-order valence-electron chi connectivity index (χ1n) is 5.34. The summed E-state index contributed by atoms with van der Waals surface area (Å²) in [5.74, 6) is 0.0706. The van der Waals surface area contributed by atoms with Gasteiger partial charge in [0.05, 0.1) is 5.41 Å². The van der Waals surface area contributed by atoms with Crippen LogP contribution in [-0.2, 0) is 10.2 Å². The summed E-state index contributed by atoms with van der Waals surface area (Å²) in [6.45, 7) is 1.52. The number of benzene rings is 1. The topological polar surface area (TPSA) is 35.5 Å². The van der Waals surface area contributed by atoms with Gasteiger partial charge in [0.15, 0.2) is 11.5 Å². The van der Waals surface area contributed by atoms with Gasteiger partial charge in [-0.3, -0.25) is 4.79 Å². The molecule has 3 rings (SSSR count). The van der Waals surface area contributed by atoms with Crippen LogP contribution in [0.4, 0.5) is 8.78 Å². The quantitative estimate of drug-likeness (QED) is 0.797. The van der Waals surface area contributed by atoms with E-state index in [1.165, 1.54) is 19.1 Å². The summed E-state index contributed by atoms with van der Waals surface area (Å²) in [6, 6.07) is 4.55. The average molecular weight is 240 g/mol. The monoisotopic (exact) mass is 240 g/mol. The van der Waals surface area contributed by atoms with Gasteiger partial charge in [0, 0.05) is 0 Å². The Morgan fingerprint density at radius 2 is 1.88 bits per heavy atom. The average Bonchev–Trinajstić information content (AvgIpc) is 2.95. The number of fused-ring (bicyclic) bond motifs is 1. The van der Waals surface area contributed by atoms with E-state index in [1.54, 1.807) is 6.07 Å². The molecule has 1 aliphatic heterocycles. The Bertz CT molecular complexity index is 506. The maximum absolute atomic E-state index is 12.8. The smallest absolute Gasteiger partial charge is 0.395 e. The predicted octanol–water partition coefficient (Wildman–Crippen LogP) is 2.63. The Morgan fingerprint density at radius 3 is 2.47 bits per heavy atom. The molecule has 0 N–H and O–H groups in total. The van der Waals surface area contributed by atoms with Crippen molar-refractivity contribution in [3.8, 4) is 11.5 Å². The summed E-state index contributed by atoms with van der Waals surface area (Å²) in [5.41, 5.74) is 0.237. The number of halogens is 2. The number of rotatable bonds is 2. The van der Waals surface area contributed by atoms with Crippen LogP contribution in [0, 0.1) is 0 Å². The molecule has 0 aromatic heterocycles. The molecular weight excluding hydrogens is 230 g/mol. The zero-order valence-corrected chi connectivity index (χ0v) is 9.13. The van der Waals surface area contributed by atoms with Crippen molar-refractivity contribution in [3.05, 3.63) is 23.8 Å². The molecule has 0 unspecified atom stereocenters. The summed E-state index contributed by atoms with van der Waals surface area (Å²) in [4.78, 5) is 11.5. The van der Waals surface area contributed by atoms with Crippen LogP contribution in [0.3, 0.4) is 0 Å². The molecule has 0 atom stereocenters. The molecule has 1 heterocycles. The molecular formula is C12H10F2O3. The van der Waals surface area contributed by atoms with Crippen molar-refractivity contribution in [2.45, 2.75) is 31.5 Å². The van der Waals surface area contributed by atoms with Gasteiger partial charge in [-0.05, 0) is 37.5 Å². The van der Waals surface area contributed by atoms with E-state index in [4.69, 9.17) is 0 Å². The van der Waals surface area contributed by atoms with Crippen LogP contribution in [0.5, 0.6) is 11.5 Å². The van der Waals surface area contributed by atoms with E-state index < -0.39 is 11.7 Å². The first-order chi connectivity index (χ1) is 7.93. The minimum atomic E-state index is -3.60. The van der Waals surface area contributed by atoms with E-state index >= 15 is 0 Å². The third-order valence-electron chi connectivity index (χ3n) is 3.38. The maximum Gasteiger partial charge on any atom is 0.586 e. The molecule has 3 nitrogen and oxygen atoms in total. The number of hydrogen-bond acceptors (Lipinski definition) is 3. The van der Waals surface area contributed by atoms with E-state index in [-0.39, 0.29) is 17.3 Å². The van der Waals surface area contributed by atoms with Crippen molar-refractivity contribution in [1.82, 2.24) is 0 Å². The Balaban J connectivity index is 1.99. The molecule has 1 aromatic rings. The molecule has 1 aliphatic carbocycles. The van der Waals surface area contributed by atoms with Crippen LogP contribution in [0.1, 0.15) is 25.3 Å². The standard InChI is InChI=1S/C12H10F2O3/c1-7(15)11(4-5-11)8-2-3-9-10(6-8)17-12(13,14)16-9/h2-3,6H,4-5H2,1H3. The minimum absolute atomic E-state index is 0.0000231. The number of hydrogen-bond donors (Lipinski definition) is 0. The van der Waals surface area contributed by atoms with Crippen LogP contribution < -0.4 is 9.47 Å². The number of Topliss-reactive ketones (excluding diaryl/α,β-unsaturated/α-hetero) is 1. The number of carbonyl (C=O) groups is 1. The molecule has 0 radical (unpaired) electrons. The van der Waals surface area contributed by atoms with E-state index in [1.807, 2.05) is 0 Å². The van der Waals surface area contributed by atoms with Gasteiger partial charge in [0.25, 0.3) is 0 Å². The van der Waals surface area contributed by atoms with E-state index in [0.29, 0.717) is 0 Å². The number of ketones is 1. The summed E-state index contributed by atoms with van der Waals surface area (Å²) in [6.07, 6.45) is -2.08. The second-order valence-corrected chi connectivity index (χ2v) is 4.47. The summed E-state index contributed by atoms with van der Waals surface area (Å²) in [7, 11) is 0. The van der Waals surface area contributed by atoms with Crippen molar-refractivity contribution in [2.24, 2.45) is 0 Å². The van der Waals surface area contributed by atoms with Crippen molar-refractivity contribution in [3.63, 3.8) is 0 Å². The summed E-state index contributed by atoms with van der Waals surface area (Å²) in [5, 5.41) is 0. The Kier molecular flexibility index (Phi) is 1.83. The molecule has 1 aromatic carbocycles. The normalized spacial score (nSPS) is 22.3. The highest BCUT2D eigenvalue weighted by Crippen LogP contribution is 2.52. The lowest BCUT2D eigenvalue weighted by molar-refractivity contribution is -0.286. The van der Waals surface area contributed by atoms with Crippen molar-refractivity contribution < 1.29 is 23.0 Å². The Morgan fingerprint density at radius 1 is 1.24 bits per heavy atom. The molecule has 17 heavy (non-hydrogen) atoms. The van der Waals surface area contributed by atoms with Crippen LogP contribution >= 0.6 is 0 Å². The van der Waals surface area contributed by atoms with Crippen LogP contribution in [0.25, 0.3) is 0 Å². The van der Waals surface area contributed by atoms with Crippen molar-refractivity contribution in [1.29, 1.82) is 0 Å². The highest BCUT2D eigenvalue weighted by molar-refractivity contribution is 5.91. The molecule has 0 bridgehead atoms. The first kappa shape index (κ1) is 10.5. The lowest BCUT2D eigenvalue weighted by atomic mass is 9.92. The third kappa shape index (κ3) is 1.49. The van der Waals surface area contributed by atoms with Gasteiger partial charge in [-0.25, -0.2) is 0 Å². The third-order valence-corrected chi connectivity index (χ3v) is 3.38. The highest BCUT2D eigenvalue weighted by Gasteiger charge is 2.50. The summed E-state index contributed by atoms with van der Waals surface area (Å²) >= 11 is 0. The number of ether oxygens (including phenoxy) is 2.